The van der Waals surface area contributed by atoms with Crippen LogP contribution in [0.3, 0.4) is 0 Å². The maximum absolute atomic E-state index is 12.5. The maximum atomic E-state index is 12.5. The summed E-state index contributed by atoms with van der Waals surface area (Å²) in [5.74, 6) is 0.474. The number of piperidine rings is 1. The monoisotopic (exact) mass is 380 g/mol. The first kappa shape index (κ1) is 19.2. The van der Waals surface area contributed by atoms with Gasteiger partial charge in [0.2, 0.25) is 15.9 Å². The van der Waals surface area contributed by atoms with Crippen LogP contribution in [-0.4, -0.2) is 43.6 Å². The van der Waals surface area contributed by atoms with E-state index in [0.29, 0.717) is 31.2 Å². The first-order valence-electron chi connectivity index (χ1n) is 9.53. The van der Waals surface area contributed by atoms with E-state index in [0.717, 1.165) is 18.6 Å². The largest absolute Gasteiger partial charge is 0.490 e. The van der Waals surface area contributed by atoms with Crippen LogP contribution in [0.25, 0.3) is 0 Å². The second-order valence-corrected chi connectivity index (χ2v) is 9.39. The van der Waals surface area contributed by atoms with Crippen molar-refractivity contribution in [2.75, 3.05) is 24.2 Å². The molecule has 0 radical (unpaired) electrons. The first-order valence-corrected chi connectivity index (χ1v) is 11.1. The smallest absolute Gasteiger partial charge is 0.228 e. The summed E-state index contributed by atoms with van der Waals surface area (Å²) >= 11 is 0. The summed E-state index contributed by atoms with van der Waals surface area (Å²) in [6.07, 6.45) is 6.41. The van der Waals surface area contributed by atoms with E-state index in [1.54, 1.807) is 6.92 Å². The van der Waals surface area contributed by atoms with Crippen LogP contribution in [0.5, 0.6) is 5.75 Å². The minimum absolute atomic E-state index is 0.0732. The van der Waals surface area contributed by atoms with Crippen molar-refractivity contribution in [3.8, 4) is 5.75 Å². The van der Waals surface area contributed by atoms with Crippen LogP contribution in [0.15, 0.2) is 24.3 Å². The van der Waals surface area contributed by atoms with Crippen molar-refractivity contribution in [1.29, 1.82) is 0 Å². The number of carbonyl (C=O) groups is 1. The molecule has 6 nitrogen and oxygen atoms in total. The molecular formula is C19H28N2O4S. The van der Waals surface area contributed by atoms with E-state index in [1.165, 1.54) is 17.1 Å². The van der Waals surface area contributed by atoms with Crippen LogP contribution < -0.4 is 10.1 Å². The fraction of sp³-hybridized carbons (Fsp3) is 0.632. The highest BCUT2D eigenvalue weighted by Crippen LogP contribution is 2.26. The molecule has 1 N–H and O–H groups in total. The Morgan fingerprint density at radius 2 is 1.85 bits per heavy atom. The van der Waals surface area contributed by atoms with Gasteiger partial charge in [-0.3, -0.25) is 4.79 Å². The standard InChI is InChI=1S/C19H28N2O4S/c1-2-26(23,24)21-13-5-6-15(14-21)19(22)20-16-9-11-18(12-10-16)25-17-7-3-4-8-17/h9-12,15,17H,2-8,13-14H2,1H3,(H,20,22)/t15-/m0/s1. The molecule has 3 rings (SSSR count). The Labute approximate surface area is 156 Å². The number of rotatable bonds is 6. The zero-order chi connectivity index (χ0) is 18.6. The quantitative estimate of drug-likeness (QED) is 0.823. The van der Waals surface area contributed by atoms with Crippen LogP contribution in [0.4, 0.5) is 5.69 Å². The van der Waals surface area contributed by atoms with E-state index in [9.17, 15) is 13.2 Å². The summed E-state index contributed by atoms with van der Waals surface area (Å²) in [5.41, 5.74) is 0.712. The molecule has 1 aliphatic carbocycles. The van der Waals surface area contributed by atoms with Crippen molar-refractivity contribution in [3.05, 3.63) is 24.3 Å². The molecule has 1 aliphatic heterocycles. The lowest BCUT2D eigenvalue weighted by Gasteiger charge is -2.30. The number of hydrogen-bond acceptors (Lipinski definition) is 4. The molecule has 0 bridgehead atoms. The van der Waals surface area contributed by atoms with Crippen molar-refractivity contribution >= 4 is 21.6 Å². The van der Waals surface area contributed by atoms with Gasteiger partial charge in [0.05, 0.1) is 17.8 Å². The van der Waals surface area contributed by atoms with E-state index < -0.39 is 10.0 Å². The SMILES string of the molecule is CCS(=O)(=O)N1CCC[C@H](C(=O)Nc2ccc(OC3CCCC3)cc2)C1. The molecule has 1 saturated heterocycles. The molecule has 1 aromatic carbocycles. The van der Waals surface area contributed by atoms with Crippen molar-refractivity contribution in [1.82, 2.24) is 4.31 Å². The Hall–Kier alpha value is -1.60. The van der Waals surface area contributed by atoms with Gasteiger partial charge in [0.15, 0.2) is 0 Å². The van der Waals surface area contributed by atoms with E-state index in [2.05, 4.69) is 5.32 Å². The molecule has 144 valence electrons. The number of amides is 1. The molecular weight excluding hydrogens is 352 g/mol. The average Bonchev–Trinajstić information content (AvgIpc) is 3.16. The first-order chi connectivity index (χ1) is 12.5. The fourth-order valence-corrected chi connectivity index (χ4v) is 4.83. The highest BCUT2D eigenvalue weighted by atomic mass is 32.2. The average molecular weight is 381 g/mol. The van der Waals surface area contributed by atoms with E-state index >= 15 is 0 Å². The van der Waals surface area contributed by atoms with Gasteiger partial charge in [0.25, 0.3) is 0 Å². The third-order valence-corrected chi connectivity index (χ3v) is 7.09. The third kappa shape index (κ3) is 4.76. The van der Waals surface area contributed by atoms with E-state index in [4.69, 9.17) is 4.74 Å². The number of anilines is 1. The highest BCUT2D eigenvalue weighted by Gasteiger charge is 2.31. The minimum Gasteiger partial charge on any atom is -0.490 e. The number of benzene rings is 1. The molecule has 0 unspecified atom stereocenters. The fourth-order valence-electron chi connectivity index (χ4n) is 3.65. The molecule has 0 aromatic heterocycles. The molecule has 0 spiro atoms. The van der Waals surface area contributed by atoms with Gasteiger partial charge in [0, 0.05) is 18.8 Å². The Morgan fingerprint density at radius 3 is 2.50 bits per heavy atom. The number of nitrogens with one attached hydrogen (secondary N) is 1. The normalized spacial score (nSPS) is 22.3. The molecule has 1 aromatic rings. The predicted molar refractivity (Wildman–Crippen MR) is 102 cm³/mol. The summed E-state index contributed by atoms with van der Waals surface area (Å²) < 4.78 is 31.5. The van der Waals surface area contributed by atoms with Crippen molar-refractivity contribution in [2.24, 2.45) is 5.92 Å². The van der Waals surface area contributed by atoms with Gasteiger partial charge in [-0.1, -0.05) is 0 Å². The molecule has 1 atom stereocenters. The summed E-state index contributed by atoms with van der Waals surface area (Å²) in [5, 5.41) is 2.91. The number of sulfonamides is 1. The molecule has 1 heterocycles. The van der Waals surface area contributed by atoms with Crippen molar-refractivity contribution in [3.63, 3.8) is 0 Å². The molecule has 1 amide bonds. The summed E-state index contributed by atoms with van der Waals surface area (Å²) in [6.45, 7) is 2.41. The molecule has 26 heavy (non-hydrogen) atoms. The second-order valence-electron chi connectivity index (χ2n) is 7.14. The molecule has 2 aliphatic rings. The van der Waals surface area contributed by atoms with Crippen molar-refractivity contribution in [2.45, 2.75) is 51.6 Å². The van der Waals surface area contributed by atoms with Gasteiger partial charge in [-0.05, 0) is 69.7 Å². The van der Waals surface area contributed by atoms with Crippen LogP contribution in [0, 0.1) is 5.92 Å². The number of hydrogen-bond donors (Lipinski definition) is 1. The van der Waals surface area contributed by atoms with Gasteiger partial charge >= 0.3 is 0 Å². The second kappa shape index (κ2) is 8.39. The molecule has 2 fully saturated rings. The zero-order valence-electron chi connectivity index (χ0n) is 15.3. The zero-order valence-corrected chi connectivity index (χ0v) is 16.1. The van der Waals surface area contributed by atoms with Crippen LogP contribution in [0.1, 0.15) is 45.4 Å². The number of ether oxygens (including phenoxy) is 1. The van der Waals surface area contributed by atoms with Crippen LogP contribution in [0.2, 0.25) is 0 Å². The Balaban J connectivity index is 1.55. The topological polar surface area (TPSA) is 75.7 Å². The molecule has 1 saturated carbocycles. The van der Waals surface area contributed by atoms with Gasteiger partial charge in [-0.2, -0.15) is 0 Å². The Bertz CT molecular complexity index is 712. The Morgan fingerprint density at radius 1 is 1.15 bits per heavy atom. The lowest BCUT2D eigenvalue weighted by molar-refractivity contribution is -0.120. The number of carbonyl (C=O) groups excluding carboxylic acids is 1. The van der Waals surface area contributed by atoms with Gasteiger partial charge < -0.3 is 10.1 Å². The summed E-state index contributed by atoms with van der Waals surface area (Å²) in [4.78, 5) is 12.5. The maximum Gasteiger partial charge on any atom is 0.228 e. The van der Waals surface area contributed by atoms with Gasteiger partial charge in [-0.15, -0.1) is 0 Å². The van der Waals surface area contributed by atoms with Crippen molar-refractivity contribution < 1.29 is 17.9 Å². The van der Waals surface area contributed by atoms with Gasteiger partial charge in [-0.25, -0.2) is 12.7 Å². The van der Waals surface area contributed by atoms with Gasteiger partial charge in [0.1, 0.15) is 5.75 Å². The lowest BCUT2D eigenvalue weighted by Crippen LogP contribution is -2.44. The highest BCUT2D eigenvalue weighted by molar-refractivity contribution is 7.89. The summed E-state index contributed by atoms with van der Waals surface area (Å²) in [7, 11) is -3.24. The van der Waals surface area contributed by atoms with E-state index in [1.807, 2.05) is 24.3 Å². The molecule has 7 heteroatoms. The number of nitrogens with zero attached hydrogens (tertiary/aromatic N) is 1. The minimum atomic E-state index is -3.24. The van der Waals surface area contributed by atoms with Crippen LogP contribution in [-0.2, 0) is 14.8 Å². The Kier molecular flexibility index (Phi) is 6.19. The third-order valence-electron chi connectivity index (χ3n) is 5.24. The van der Waals surface area contributed by atoms with Crippen LogP contribution >= 0.6 is 0 Å². The van der Waals surface area contributed by atoms with E-state index in [-0.39, 0.29) is 24.1 Å². The predicted octanol–water partition coefficient (Wildman–Crippen LogP) is 3.01. The lowest BCUT2D eigenvalue weighted by atomic mass is 9.99. The summed E-state index contributed by atoms with van der Waals surface area (Å²) in [6, 6.07) is 7.43.